The Kier molecular flexibility index (Phi) is 1.83. The van der Waals surface area contributed by atoms with Crippen LogP contribution in [0, 0.1) is 5.21 Å². The first-order chi connectivity index (χ1) is 7.84. The highest BCUT2D eigenvalue weighted by Gasteiger charge is 2.11. The van der Waals surface area contributed by atoms with Gasteiger partial charge in [0.05, 0.1) is 5.69 Å². The zero-order valence-electron chi connectivity index (χ0n) is 8.29. The Morgan fingerprint density at radius 1 is 1.12 bits per heavy atom. The third-order valence-corrected chi connectivity index (χ3v) is 2.34. The molecule has 0 unspecified atom stereocenters. The molecule has 0 aliphatic heterocycles. The molecule has 1 N–H and O–H groups in total. The van der Waals surface area contributed by atoms with Crippen LogP contribution in [0.25, 0.3) is 22.6 Å². The number of fused-ring (bicyclic) bond motifs is 1. The van der Waals surface area contributed by atoms with E-state index in [9.17, 15) is 5.21 Å². The van der Waals surface area contributed by atoms with Crippen LogP contribution in [-0.2, 0) is 0 Å². The van der Waals surface area contributed by atoms with Crippen molar-refractivity contribution in [1.29, 1.82) is 0 Å². The highest BCUT2D eigenvalue weighted by molar-refractivity contribution is 5.72. The van der Waals surface area contributed by atoms with E-state index in [1.165, 1.54) is 0 Å². The minimum absolute atomic E-state index is 0.402. The van der Waals surface area contributed by atoms with Gasteiger partial charge in [0.1, 0.15) is 5.52 Å². The summed E-state index contributed by atoms with van der Waals surface area (Å²) in [5, 5.41) is 15.5. The zero-order chi connectivity index (χ0) is 11.0. The van der Waals surface area contributed by atoms with Crippen molar-refractivity contribution in [3.63, 3.8) is 0 Å². The van der Waals surface area contributed by atoms with Crippen LogP contribution in [0.2, 0.25) is 0 Å². The van der Waals surface area contributed by atoms with Crippen LogP contribution in [0.1, 0.15) is 0 Å². The van der Waals surface area contributed by atoms with Crippen LogP contribution < -0.4 is 4.85 Å². The van der Waals surface area contributed by atoms with E-state index >= 15 is 0 Å². The summed E-state index contributed by atoms with van der Waals surface area (Å²) in [4.78, 5) is 7.88. The molecule has 0 atom stereocenters. The van der Waals surface area contributed by atoms with Crippen LogP contribution in [0.5, 0.6) is 0 Å². The molecule has 0 fully saturated rings. The van der Waals surface area contributed by atoms with Gasteiger partial charge in [-0.15, -0.1) is 0 Å². The van der Waals surface area contributed by atoms with Crippen LogP contribution >= 0.6 is 0 Å². The second-order valence-corrected chi connectivity index (χ2v) is 3.38. The second kappa shape index (κ2) is 3.30. The molecule has 3 rings (SSSR count). The van der Waals surface area contributed by atoms with Gasteiger partial charge in [0.15, 0.2) is 0 Å². The van der Waals surface area contributed by atoms with E-state index in [-0.39, 0.29) is 0 Å². The highest BCUT2D eigenvalue weighted by atomic mass is 16.5. The minimum Gasteiger partial charge on any atom is -0.594 e. The average molecular weight is 212 g/mol. The van der Waals surface area contributed by atoms with Gasteiger partial charge in [-0.3, -0.25) is 0 Å². The van der Waals surface area contributed by atoms with Gasteiger partial charge in [-0.05, 0) is 23.0 Å². The minimum atomic E-state index is 0.402. The van der Waals surface area contributed by atoms with Crippen molar-refractivity contribution in [2.75, 3.05) is 0 Å². The SMILES string of the molecule is [O-][n+]1nc(-c2ccc[nH]2)nc2ccccc21. The summed E-state index contributed by atoms with van der Waals surface area (Å²) < 4.78 is 0. The van der Waals surface area contributed by atoms with Crippen LogP contribution in [0.3, 0.4) is 0 Å². The Labute approximate surface area is 91.0 Å². The molecular formula is C11H8N4O. The van der Waals surface area contributed by atoms with E-state index in [1.807, 2.05) is 18.2 Å². The summed E-state index contributed by atoms with van der Waals surface area (Å²) in [6.07, 6.45) is 1.77. The summed E-state index contributed by atoms with van der Waals surface area (Å²) >= 11 is 0. The fourth-order valence-corrected chi connectivity index (χ4v) is 1.58. The number of nitrogens with one attached hydrogen (secondary N) is 1. The van der Waals surface area contributed by atoms with Crippen molar-refractivity contribution < 1.29 is 4.85 Å². The zero-order valence-corrected chi connectivity index (χ0v) is 8.29. The molecule has 0 saturated carbocycles. The first kappa shape index (κ1) is 8.84. The fourth-order valence-electron chi connectivity index (χ4n) is 1.58. The lowest BCUT2D eigenvalue weighted by atomic mass is 10.3. The molecular weight excluding hydrogens is 204 g/mol. The molecule has 0 aliphatic rings. The summed E-state index contributed by atoms with van der Waals surface area (Å²) in [7, 11) is 0. The molecule has 2 aromatic heterocycles. The molecule has 0 amide bonds. The van der Waals surface area contributed by atoms with E-state index < -0.39 is 0 Å². The van der Waals surface area contributed by atoms with Crippen molar-refractivity contribution >= 4 is 11.0 Å². The van der Waals surface area contributed by atoms with Crippen molar-refractivity contribution in [2.45, 2.75) is 0 Å². The van der Waals surface area contributed by atoms with Gasteiger partial charge in [-0.25, -0.2) is 4.98 Å². The van der Waals surface area contributed by atoms with Crippen LogP contribution in [0.15, 0.2) is 42.6 Å². The predicted octanol–water partition coefficient (Wildman–Crippen LogP) is 1.26. The third kappa shape index (κ3) is 1.30. The lowest BCUT2D eigenvalue weighted by Crippen LogP contribution is -2.33. The molecule has 1 aromatic carbocycles. The average Bonchev–Trinajstić information content (AvgIpc) is 2.82. The van der Waals surface area contributed by atoms with Crippen LogP contribution in [0.4, 0.5) is 0 Å². The molecule has 5 nitrogen and oxygen atoms in total. The smallest absolute Gasteiger partial charge is 0.270 e. The molecule has 0 spiro atoms. The molecule has 5 heteroatoms. The lowest BCUT2D eigenvalue weighted by molar-refractivity contribution is -0.642. The van der Waals surface area contributed by atoms with Crippen molar-refractivity contribution in [1.82, 2.24) is 15.1 Å². The maximum atomic E-state index is 11.6. The van der Waals surface area contributed by atoms with Gasteiger partial charge in [-0.1, -0.05) is 12.1 Å². The normalized spacial score (nSPS) is 10.8. The number of aromatic nitrogens is 4. The Morgan fingerprint density at radius 2 is 2.00 bits per heavy atom. The number of hydrogen-bond acceptors (Lipinski definition) is 3. The van der Waals surface area contributed by atoms with E-state index in [1.54, 1.807) is 24.4 Å². The summed E-state index contributed by atoms with van der Waals surface area (Å²) in [5.74, 6) is 0.402. The first-order valence-corrected chi connectivity index (χ1v) is 4.85. The topological polar surface area (TPSA) is 68.5 Å². The van der Waals surface area contributed by atoms with Gasteiger partial charge in [0, 0.05) is 17.4 Å². The number of aromatic amines is 1. The highest BCUT2D eigenvalue weighted by Crippen LogP contribution is 2.13. The quantitative estimate of drug-likeness (QED) is 0.487. The Morgan fingerprint density at radius 3 is 2.81 bits per heavy atom. The summed E-state index contributed by atoms with van der Waals surface area (Å²) in [6, 6.07) is 10.8. The Balaban J connectivity index is 2.29. The molecule has 0 radical (unpaired) electrons. The van der Waals surface area contributed by atoms with E-state index in [0.29, 0.717) is 21.7 Å². The summed E-state index contributed by atoms with van der Waals surface area (Å²) in [6.45, 7) is 0. The van der Waals surface area contributed by atoms with E-state index in [2.05, 4.69) is 15.1 Å². The standard InChI is InChI=1S/C11H8N4O/c16-15-10-6-2-1-4-8(10)13-11(14-15)9-5-3-7-12-9/h1-7,12H. The number of hydrogen-bond donors (Lipinski definition) is 1. The molecule has 2 heterocycles. The molecule has 0 saturated heterocycles. The van der Waals surface area contributed by atoms with Crippen molar-refractivity contribution in [3.05, 3.63) is 47.8 Å². The monoisotopic (exact) mass is 212 g/mol. The van der Waals surface area contributed by atoms with Gasteiger partial charge >= 0.3 is 0 Å². The van der Waals surface area contributed by atoms with Gasteiger partial charge in [-0.2, -0.15) is 0 Å². The van der Waals surface area contributed by atoms with E-state index in [0.717, 1.165) is 5.69 Å². The first-order valence-electron chi connectivity index (χ1n) is 4.85. The lowest BCUT2D eigenvalue weighted by Gasteiger charge is -2.00. The Hall–Kier alpha value is -2.43. The Bertz CT molecular complexity index is 634. The summed E-state index contributed by atoms with van der Waals surface area (Å²) in [5.41, 5.74) is 1.84. The number of para-hydroxylation sites is 2. The third-order valence-electron chi connectivity index (χ3n) is 2.34. The maximum absolute atomic E-state index is 11.6. The fraction of sp³-hybridized carbons (Fsp3) is 0. The van der Waals surface area contributed by atoms with Gasteiger partial charge < -0.3 is 10.2 Å². The second-order valence-electron chi connectivity index (χ2n) is 3.38. The molecule has 16 heavy (non-hydrogen) atoms. The maximum Gasteiger partial charge on any atom is 0.270 e. The van der Waals surface area contributed by atoms with Crippen molar-refractivity contribution in [2.24, 2.45) is 0 Å². The number of nitrogens with zero attached hydrogens (tertiary/aromatic N) is 3. The number of benzene rings is 1. The number of H-pyrrole nitrogens is 1. The van der Waals surface area contributed by atoms with Crippen molar-refractivity contribution in [3.8, 4) is 11.5 Å². The molecule has 0 aliphatic carbocycles. The van der Waals surface area contributed by atoms with Crippen LogP contribution in [-0.4, -0.2) is 15.1 Å². The van der Waals surface area contributed by atoms with E-state index in [4.69, 9.17) is 0 Å². The van der Waals surface area contributed by atoms with Gasteiger partial charge in [0.2, 0.25) is 5.82 Å². The number of rotatable bonds is 1. The molecule has 78 valence electrons. The largest absolute Gasteiger partial charge is 0.594 e. The molecule has 0 bridgehead atoms. The predicted molar refractivity (Wildman–Crippen MR) is 58.3 cm³/mol. The molecule has 3 aromatic rings. The van der Waals surface area contributed by atoms with Gasteiger partial charge in [0.25, 0.3) is 5.52 Å².